The fraction of sp³-hybridized carbons (Fsp3) is 0.400. The van der Waals surface area contributed by atoms with E-state index < -0.39 is 0 Å². The first kappa shape index (κ1) is 10.5. The Balaban J connectivity index is 3.13. The summed E-state index contributed by atoms with van der Waals surface area (Å²) in [6, 6.07) is 1.70. The van der Waals surface area contributed by atoms with Gasteiger partial charge in [0, 0.05) is 12.2 Å². The molecule has 0 saturated carbocycles. The number of nitrogens with one attached hydrogen (secondary N) is 1. The molecule has 0 bridgehead atoms. The number of carbonyl (C=O) groups excluding carboxylic acids is 1. The fourth-order valence-corrected chi connectivity index (χ4v) is 1.28. The molecule has 4 heteroatoms. The summed E-state index contributed by atoms with van der Waals surface area (Å²) in [5.74, 6) is -0.140. The minimum Gasteiger partial charge on any atom is -0.397 e. The maximum atomic E-state index is 11.6. The van der Waals surface area contributed by atoms with Crippen molar-refractivity contribution in [3.05, 3.63) is 23.0 Å². The van der Waals surface area contributed by atoms with Crippen LogP contribution in [0.15, 0.2) is 6.07 Å². The van der Waals surface area contributed by atoms with Crippen molar-refractivity contribution in [1.82, 2.24) is 10.3 Å². The first-order valence-corrected chi connectivity index (χ1v) is 4.58. The third-order valence-electron chi connectivity index (χ3n) is 1.96. The summed E-state index contributed by atoms with van der Waals surface area (Å²) in [6.45, 7) is 6.11. The summed E-state index contributed by atoms with van der Waals surface area (Å²) in [4.78, 5) is 15.7. The highest BCUT2D eigenvalue weighted by Gasteiger charge is 2.11. The topological polar surface area (TPSA) is 68.0 Å². The highest BCUT2D eigenvalue weighted by atomic mass is 16.1. The summed E-state index contributed by atoms with van der Waals surface area (Å²) in [6.07, 6.45) is 0. The molecule has 0 atom stereocenters. The molecule has 0 unspecified atom stereocenters. The maximum absolute atomic E-state index is 11.6. The van der Waals surface area contributed by atoms with Crippen LogP contribution in [0.5, 0.6) is 0 Å². The summed E-state index contributed by atoms with van der Waals surface area (Å²) in [7, 11) is 0. The Bertz CT molecular complexity index is 361. The molecule has 0 aromatic carbocycles. The van der Waals surface area contributed by atoms with Gasteiger partial charge in [0.15, 0.2) is 0 Å². The molecule has 76 valence electrons. The number of nitrogen functional groups attached to an aromatic ring is 1. The lowest BCUT2D eigenvalue weighted by molar-refractivity contribution is 0.0956. The van der Waals surface area contributed by atoms with Crippen molar-refractivity contribution in [3.8, 4) is 0 Å². The van der Waals surface area contributed by atoms with Crippen LogP contribution in [0.1, 0.15) is 28.7 Å². The second-order valence-electron chi connectivity index (χ2n) is 3.17. The Labute approximate surface area is 83.5 Å². The van der Waals surface area contributed by atoms with Gasteiger partial charge in [0.2, 0.25) is 0 Å². The molecule has 1 amide bonds. The number of rotatable bonds is 2. The van der Waals surface area contributed by atoms with Crippen LogP contribution in [0.4, 0.5) is 5.69 Å². The molecule has 0 fully saturated rings. The molecule has 3 N–H and O–H groups in total. The summed E-state index contributed by atoms with van der Waals surface area (Å²) in [5, 5.41) is 2.71. The van der Waals surface area contributed by atoms with Crippen molar-refractivity contribution in [2.45, 2.75) is 20.8 Å². The number of anilines is 1. The molecule has 0 aliphatic heterocycles. The van der Waals surface area contributed by atoms with Gasteiger partial charge >= 0.3 is 0 Å². The van der Waals surface area contributed by atoms with Crippen molar-refractivity contribution >= 4 is 11.6 Å². The lowest BCUT2D eigenvalue weighted by Gasteiger charge is -2.08. The predicted molar refractivity (Wildman–Crippen MR) is 56.1 cm³/mol. The number of hydrogen-bond acceptors (Lipinski definition) is 3. The summed E-state index contributed by atoms with van der Waals surface area (Å²) < 4.78 is 0. The normalized spacial score (nSPS) is 9.93. The van der Waals surface area contributed by atoms with Gasteiger partial charge in [-0.15, -0.1) is 0 Å². The van der Waals surface area contributed by atoms with Gasteiger partial charge in [0.25, 0.3) is 5.91 Å². The van der Waals surface area contributed by atoms with Crippen LogP contribution >= 0.6 is 0 Å². The highest BCUT2D eigenvalue weighted by molar-refractivity contribution is 5.99. The summed E-state index contributed by atoms with van der Waals surface area (Å²) >= 11 is 0. The number of aryl methyl sites for hydroxylation is 2. The second-order valence-corrected chi connectivity index (χ2v) is 3.17. The van der Waals surface area contributed by atoms with Gasteiger partial charge in [-0.25, -0.2) is 0 Å². The Kier molecular flexibility index (Phi) is 3.06. The zero-order chi connectivity index (χ0) is 10.7. The molecule has 1 aromatic rings. The third-order valence-corrected chi connectivity index (χ3v) is 1.96. The molecular formula is C10H15N3O. The Morgan fingerprint density at radius 3 is 2.79 bits per heavy atom. The maximum Gasteiger partial charge on any atom is 0.253 e. The minimum absolute atomic E-state index is 0.140. The Morgan fingerprint density at radius 1 is 1.57 bits per heavy atom. The van der Waals surface area contributed by atoms with Crippen LogP contribution in [-0.4, -0.2) is 17.4 Å². The van der Waals surface area contributed by atoms with Crippen molar-refractivity contribution in [2.24, 2.45) is 0 Å². The van der Waals surface area contributed by atoms with Crippen molar-refractivity contribution in [2.75, 3.05) is 12.3 Å². The van der Waals surface area contributed by atoms with Gasteiger partial charge in [-0.3, -0.25) is 9.78 Å². The Hall–Kier alpha value is -1.58. The first-order valence-electron chi connectivity index (χ1n) is 4.58. The van der Waals surface area contributed by atoms with E-state index in [-0.39, 0.29) is 5.91 Å². The standard InChI is InChI=1S/C10H15N3O/c1-4-12-10(14)8-5-6(2)13-7(3)9(8)11/h5H,4,11H2,1-3H3,(H,12,14). The van der Waals surface area contributed by atoms with Gasteiger partial charge in [-0.2, -0.15) is 0 Å². The van der Waals surface area contributed by atoms with E-state index >= 15 is 0 Å². The number of nitrogens with zero attached hydrogens (tertiary/aromatic N) is 1. The Morgan fingerprint density at radius 2 is 2.21 bits per heavy atom. The minimum atomic E-state index is -0.140. The van der Waals surface area contributed by atoms with E-state index in [1.807, 2.05) is 13.8 Å². The van der Waals surface area contributed by atoms with Crippen molar-refractivity contribution in [3.63, 3.8) is 0 Å². The van der Waals surface area contributed by atoms with E-state index in [1.54, 1.807) is 13.0 Å². The van der Waals surface area contributed by atoms with Gasteiger partial charge in [-0.05, 0) is 26.8 Å². The molecule has 1 aromatic heterocycles. The SMILES string of the molecule is CCNC(=O)c1cc(C)nc(C)c1N. The van der Waals surface area contributed by atoms with Crippen LogP contribution in [0.25, 0.3) is 0 Å². The smallest absolute Gasteiger partial charge is 0.253 e. The average molecular weight is 193 g/mol. The molecule has 0 aliphatic carbocycles. The quantitative estimate of drug-likeness (QED) is 0.737. The largest absolute Gasteiger partial charge is 0.397 e. The number of carbonyl (C=O) groups is 1. The van der Waals surface area contributed by atoms with E-state index in [0.717, 1.165) is 5.69 Å². The third kappa shape index (κ3) is 2.02. The first-order chi connectivity index (χ1) is 6.56. The number of amides is 1. The number of aromatic nitrogens is 1. The van der Waals surface area contributed by atoms with E-state index in [2.05, 4.69) is 10.3 Å². The van der Waals surface area contributed by atoms with Crippen molar-refractivity contribution in [1.29, 1.82) is 0 Å². The van der Waals surface area contributed by atoms with E-state index in [9.17, 15) is 4.79 Å². The highest BCUT2D eigenvalue weighted by Crippen LogP contribution is 2.15. The van der Waals surface area contributed by atoms with Crippen LogP contribution < -0.4 is 11.1 Å². The zero-order valence-corrected chi connectivity index (χ0v) is 8.72. The van der Waals surface area contributed by atoms with E-state index in [4.69, 9.17) is 5.73 Å². The molecular weight excluding hydrogens is 178 g/mol. The fourth-order valence-electron chi connectivity index (χ4n) is 1.28. The number of hydrogen-bond donors (Lipinski definition) is 2. The van der Waals surface area contributed by atoms with Gasteiger partial charge in [0.1, 0.15) is 0 Å². The van der Waals surface area contributed by atoms with Gasteiger partial charge in [-0.1, -0.05) is 0 Å². The predicted octanol–water partition coefficient (Wildman–Crippen LogP) is 1.03. The monoisotopic (exact) mass is 193 g/mol. The van der Waals surface area contributed by atoms with Crippen LogP contribution in [0, 0.1) is 13.8 Å². The molecule has 1 heterocycles. The number of pyridine rings is 1. The van der Waals surface area contributed by atoms with E-state index in [1.165, 1.54) is 0 Å². The molecule has 4 nitrogen and oxygen atoms in total. The van der Waals surface area contributed by atoms with Crippen LogP contribution in [-0.2, 0) is 0 Å². The van der Waals surface area contributed by atoms with Crippen molar-refractivity contribution < 1.29 is 4.79 Å². The zero-order valence-electron chi connectivity index (χ0n) is 8.72. The molecule has 0 saturated heterocycles. The van der Waals surface area contributed by atoms with Gasteiger partial charge in [0.05, 0.1) is 16.9 Å². The van der Waals surface area contributed by atoms with Crippen LogP contribution in [0.2, 0.25) is 0 Å². The second kappa shape index (κ2) is 4.09. The molecule has 1 rings (SSSR count). The van der Waals surface area contributed by atoms with Crippen LogP contribution in [0.3, 0.4) is 0 Å². The average Bonchev–Trinajstić information content (AvgIpc) is 2.11. The lowest BCUT2D eigenvalue weighted by Crippen LogP contribution is -2.24. The van der Waals surface area contributed by atoms with E-state index in [0.29, 0.717) is 23.5 Å². The molecule has 0 radical (unpaired) electrons. The summed E-state index contributed by atoms with van der Waals surface area (Å²) in [5.41, 5.74) is 8.23. The van der Waals surface area contributed by atoms with Gasteiger partial charge < -0.3 is 11.1 Å². The molecule has 14 heavy (non-hydrogen) atoms. The lowest BCUT2D eigenvalue weighted by atomic mass is 10.1. The molecule has 0 aliphatic rings. The number of nitrogens with two attached hydrogens (primary N) is 1. The molecule has 0 spiro atoms.